The number of aryl methyl sites for hydroxylation is 5. The Morgan fingerprint density at radius 2 is 1.58 bits per heavy atom. The minimum atomic E-state index is -4.13. The Balaban J connectivity index is 1.38. The standard InChI is InChI=1S/C25H25N5O6S2/c1-13-10-14(2)21(15(3)11-13)28-23(31)22-17(5)26-25(37-22)29-24(32)27-18-6-8-19(9-7-18)38(33,34)36-20-12-16(4)35-30-20/h6-12H,1-5H3,(H,28,31)(H2,26,27,29,32). The fourth-order valence-corrected chi connectivity index (χ4v) is 5.44. The quantitative estimate of drug-likeness (QED) is 0.259. The third kappa shape index (κ3) is 6.18. The number of carbonyl (C=O) groups is 2. The molecular formula is C25H25N5O6S2. The van der Waals surface area contributed by atoms with Crippen LogP contribution in [0.3, 0.4) is 0 Å². The number of carbonyl (C=O) groups excluding carboxylic acids is 2. The number of nitrogens with one attached hydrogen (secondary N) is 3. The summed E-state index contributed by atoms with van der Waals surface area (Å²) in [7, 11) is -4.13. The van der Waals surface area contributed by atoms with Crippen molar-refractivity contribution in [1.29, 1.82) is 0 Å². The zero-order valence-electron chi connectivity index (χ0n) is 21.2. The van der Waals surface area contributed by atoms with Crippen LogP contribution in [-0.4, -0.2) is 30.5 Å². The van der Waals surface area contributed by atoms with Crippen LogP contribution >= 0.6 is 11.3 Å². The van der Waals surface area contributed by atoms with Crippen molar-refractivity contribution < 1.29 is 26.7 Å². The molecule has 0 radical (unpaired) electrons. The molecule has 2 aromatic carbocycles. The van der Waals surface area contributed by atoms with Gasteiger partial charge in [0.2, 0.25) is 0 Å². The first kappa shape index (κ1) is 26.8. The minimum absolute atomic E-state index is 0.130. The van der Waals surface area contributed by atoms with Crippen molar-refractivity contribution in [1.82, 2.24) is 10.1 Å². The van der Waals surface area contributed by atoms with Gasteiger partial charge in [-0.25, -0.2) is 9.78 Å². The van der Waals surface area contributed by atoms with E-state index in [2.05, 4.69) is 26.1 Å². The van der Waals surface area contributed by atoms with Gasteiger partial charge in [0, 0.05) is 17.4 Å². The molecule has 38 heavy (non-hydrogen) atoms. The van der Waals surface area contributed by atoms with Crippen molar-refractivity contribution >= 4 is 49.9 Å². The van der Waals surface area contributed by atoms with Crippen LogP contribution in [0.15, 0.2) is 51.9 Å². The Hall–Kier alpha value is -4.23. The number of rotatable bonds is 7. The van der Waals surface area contributed by atoms with Gasteiger partial charge in [0.05, 0.1) is 5.69 Å². The summed E-state index contributed by atoms with van der Waals surface area (Å²) in [6.45, 7) is 9.14. The first-order chi connectivity index (χ1) is 17.9. The van der Waals surface area contributed by atoms with Gasteiger partial charge in [0.1, 0.15) is 15.5 Å². The number of anilines is 3. The lowest BCUT2D eigenvalue weighted by atomic mass is 10.1. The third-order valence-electron chi connectivity index (χ3n) is 5.34. The second kappa shape index (κ2) is 10.6. The molecule has 0 saturated heterocycles. The Morgan fingerprint density at radius 3 is 2.18 bits per heavy atom. The van der Waals surface area contributed by atoms with Gasteiger partial charge in [-0.2, -0.15) is 8.42 Å². The van der Waals surface area contributed by atoms with Crippen LogP contribution in [0.5, 0.6) is 5.88 Å². The van der Waals surface area contributed by atoms with Crippen LogP contribution in [0, 0.1) is 34.6 Å². The molecule has 0 bridgehead atoms. The Labute approximate surface area is 223 Å². The van der Waals surface area contributed by atoms with E-state index in [0.29, 0.717) is 22.0 Å². The molecule has 4 rings (SSSR count). The Bertz CT molecular complexity index is 1600. The predicted molar refractivity (Wildman–Crippen MR) is 144 cm³/mol. The molecule has 13 heteroatoms. The number of benzene rings is 2. The molecule has 0 aliphatic heterocycles. The van der Waals surface area contributed by atoms with Crippen LogP contribution in [0.1, 0.15) is 37.8 Å². The maximum Gasteiger partial charge on any atom is 0.340 e. The van der Waals surface area contributed by atoms with E-state index in [4.69, 9.17) is 8.71 Å². The summed E-state index contributed by atoms with van der Waals surface area (Å²) in [6, 6.07) is 10.1. The molecular weight excluding hydrogens is 530 g/mol. The minimum Gasteiger partial charge on any atom is -0.358 e. The second-order valence-corrected chi connectivity index (χ2v) is 11.1. The summed E-state index contributed by atoms with van der Waals surface area (Å²) in [5.41, 5.74) is 4.56. The third-order valence-corrected chi connectivity index (χ3v) is 7.65. The molecule has 0 aliphatic carbocycles. The molecule has 3 amide bonds. The summed E-state index contributed by atoms with van der Waals surface area (Å²) in [5, 5.41) is 11.9. The molecule has 4 aromatic rings. The number of hydrogen-bond acceptors (Lipinski definition) is 9. The predicted octanol–water partition coefficient (Wildman–Crippen LogP) is 5.34. The Kier molecular flexibility index (Phi) is 7.51. The summed E-state index contributed by atoms with van der Waals surface area (Å²) >= 11 is 1.04. The van der Waals surface area contributed by atoms with Gasteiger partial charge in [-0.3, -0.25) is 10.1 Å². The van der Waals surface area contributed by atoms with Gasteiger partial charge in [-0.1, -0.05) is 29.0 Å². The fraction of sp³-hybridized carbons (Fsp3) is 0.200. The molecule has 0 fully saturated rings. The zero-order valence-corrected chi connectivity index (χ0v) is 22.8. The van der Waals surface area contributed by atoms with Gasteiger partial charge in [-0.05, 0) is 75.2 Å². The zero-order chi connectivity index (χ0) is 27.6. The van der Waals surface area contributed by atoms with E-state index in [0.717, 1.165) is 33.7 Å². The highest BCUT2D eigenvalue weighted by molar-refractivity contribution is 7.87. The normalized spacial score (nSPS) is 11.2. The van der Waals surface area contributed by atoms with Gasteiger partial charge < -0.3 is 19.3 Å². The lowest BCUT2D eigenvalue weighted by Gasteiger charge is -2.12. The lowest BCUT2D eigenvalue weighted by molar-refractivity contribution is 0.102. The van der Waals surface area contributed by atoms with Crippen LogP contribution in [0.25, 0.3) is 0 Å². The van der Waals surface area contributed by atoms with Crippen molar-refractivity contribution in [2.45, 2.75) is 39.5 Å². The number of thiazole rings is 1. The van der Waals surface area contributed by atoms with Crippen molar-refractivity contribution in [3.63, 3.8) is 0 Å². The van der Waals surface area contributed by atoms with E-state index < -0.39 is 16.1 Å². The summed E-state index contributed by atoms with van der Waals surface area (Å²) in [6.07, 6.45) is 0. The average molecular weight is 556 g/mol. The first-order valence-electron chi connectivity index (χ1n) is 11.3. The molecule has 0 spiro atoms. The van der Waals surface area contributed by atoms with Crippen molar-refractivity contribution in [2.24, 2.45) is 0 Å². The van der Waals surface area contributed by atoms with Crippen molar-refractivity contribution in [2.75, 3.05) is 16.0 Å². The van der Waals surface area contributed by atoms with Gasteiger partial charge in [0.25, 0.3) is 11.8 Å². The number of amides is 3. The highest BCUT2D eigenvalue weighted by Gasteiger charge is 2.20. The first-order valence-corrected chi connectivity index (χ1v) is 13.6. The molecule has 0 unspecified atom stereocenters. The smallest absolute Gasteiger partial charge is 0.340 e. The van der Waals surface area contributed by atoms with Crippen LogP contribution in [0.4, 0.5) is 21.3 Å². The number of hydrogen-bond donors (Lipinski definition) is 3. The monoisotopic (exact) mass is 555 g/mol. The van der Waals surface area contributed by atoms with Gasteiger partial charge in [-0.15, -0.1) is 0 Å². The molecule has 198 valence electrons. The maximum absolute atomic E-state index is 12.9. The summed E-state index contributed by atoms with van der Waals surface area (Å²) in [4.78, 5) is 29.9. The SMILES string of the molecule is Cc1cc(C)c(NC(=O)c2sc(NC(=O)Nc3ccc(S(=O)(=O)Oc4cc(C)on4)cc3)nc2C)c(C)c1. The van der Waals surface area contributed by atoms with E-state index in [9.17, 15) is 18.0 Å². The lowest BCUT2D eigenvalue weighted by Crippen LogP contribution is -2.19. The molecule has 2 aromatic heterocycles. The average Bonchev–Trinajstić information content (AvgIpc) is 3.40. The molecule has 0 aliphatic rings. The topological polar surface area (TPSA) is 153 Å². The molecule has 11 nitrogen and oxygen atoms in total. The van der Waals surface area contributed by atoms with Crippen LogP contribution in [0.2, 0.25) is 0 Å². The molecule has 3 N–H and O–H groups in total. The van der Waals surface area contributed by atoms with Gasteiger partial charge >= 0.3 is 16.1 Å². The highest BCUT2D eigenvalue weighted by atomic mass is 32.2. The summed E-state index contributed by atoms with van der Waals surface area (Å²) in [5.74, 6) is -0.0938. The molecule has 2 heterocycles. The van der Waals surface area contributed by atoms with E-state index in [1.54, 1.807) is 13.8 Å². The molecule has 0 saturated carbocycles. The highest BCUT2D eigenvalue weighted by Crippen LogP contribution is 2.27. The van der Waals surface area contributed by atoms with Crippen LogP contribution < -0.4 is 20.1 Å². The van der Waals surface area contributed by atoms with E-state index in [1.807, 2.05) is 32.9 Å². The van der Waals surface area contributed by atoms with Gasteiger partial charge in [0.15, 0.2) is 5.13 Å². The van der Waals surface area contributed by atoms with Crippen LogP contribution in [-0.2, 0) is 10.1 Å². The second-order valence-electron chi connectivity index (χ2n) is 8.58. The van der Waals surface area contributed by atoms with Crippen molar-refractivity contribution in [3.05, 3.63) is 75.5 Å². The molecule has 0 atom stereocenters. The fourth-order valence-electron chi connectivity index (χ4n) is 3.72. The number of urea groups is 1. The largest absolute Gasteiger partial charge is 0.358 e. The van der Waals surface area contributed by atoms with Crippen molar-refractivity contribution in [3.8, 4) is 5.88 Å². The van der Waals surface area contributed by atoms with E-state index >= 15 is 0 Å². The number of aromatic nitrogens is 2. The van der Waals surface area contributed by atoms with E-state index in [1.165, 1.54) is 30.3 Å². The summed E-state index contributed by atoms with van der Waals surface area (Å²) < 4.78 is 34.5. The maximum atomic E-state index is 12.9. The Morgan fingerprint density at radius 1 is 0.921 bits per heavy atom. The number of nitrogens with zero attached hydrogens (tertiary/aromatic N) is 2. The van der Waals surface area contributed by atoms with E-state index in [-0.39, 0.29) is 21.8 Å².